The van der Waals surface area contributed by atoms with Crippen LogP contribution in [0.15, 0.2) is 42.5 Å². The van der Waals surface area contributed by atoms with E-state index in [1.165, 1.54) is 24.0 Å². The summed E-state index contributed by atoms with van der Waals surface area (Å²) in [6.45, 7) is 1.25. The minimum absolute atomic E-state index is 0.120. The first-order valence-electron chi connectivity index (χ1n) is 8.01. The van der Waals surface area contributed by atoms with Crippen LogP contribution in [0.1, 0.15) is 17.3 Å². The zero-order chi connectivity index (χ0) is 19.6. The number of nitro groups is 1. The lowest BCUT2D eigenvalue weighted by atomic mass is 10.1. The van der Waals surface area contributed by atoms with Crippen LogP contribution in [0.4, 0.5) is 17.1 Å². The van der Waals surface area contributed by atoms with Gasteiger partial charge in [-0.15, -0.1) is 0 Å². The molecule has 1 heterocycles. The van der Waals surface area contributed by atoms with E-state index in [0.29, 0.717) is 17.7 Å². The van der Waals surface area contributed by atoms with Crippen molar-refractivity contribution in [1.82, 2.24) is 0 Å². The molecule has 138 valence electrons. The van der Waals surface area contributed by atoms with Gasteiger partial charge in [0.15, 0.2) is 11.9 Å². The fourth-order valence-electron chi connectivity index (χ4n) is 2.74. The average Bonchev–Trinajstić information content (AvgIpc) is 2.66. The first-order valence-corrected chi connectivity index (χ1v) is 8.01. The van der Waals surface area contributed by atoms with E-state index in [9.17, 15) is 24.5 Å². The maximum Gasteiger partial charge on any atom is 0.311 e. The molecular formula is C18H15N3O6. The minimum Gasteiger partial charge on any atom is -0.474 e. The molecule has 0 aliphatic carbocycles. The van der Waals surface area contributed by atoms with Gasteiger partial charge in [-0.2, -0.15) is 0 Å². The number of carbonyl (C=O) groups is 3. The van der Waals surface area contributed by atoms with Crippen LogP contribution in [0.5, 0.6) is 5.75 Å². The van der Waals surface area contributed by atoms with Gasteiger partial charge in [-0.05, 0) is 31.2 Å². The summed E-state index contributed by atoms with van der Waals surface area (Å²) in [6, 6.07) is 10.5. The van der Waals surface area contributed by atoms with Gasteiger partial charge in [-0.3, -0.25) is 29.4 Å². The second-order valence-electron chi connectivity index (χ2n) is 5.85. The molecule has 1 N–H and O–H groups in total. The molecule has 0 fully saturated rings. The third kappa shape index (κ3) is 3.61. The Balaban J connectivity index is 1.86. The van der Waals surface area contributed by atoms with Crippen LogP contribution in [0.25, 0.3) is 0 Å². The highest BCUT2D eigenvalue weighted by molar-refractivity contribution is 6.10. The molecule has 1 aliphatic heterocycles. The summed E-state index contributed by atoms with van der Waals surface area (Å²) < 4.78 is 5.49. The molecule has 1 aliphatic rings. The topological polar surface area (TPSA) is 119 Å². The van der Waals surface area contributed by atoms with Crippen LogP contribution in [-0.2, 0) is 9.59 Å². The SMILES string of the molecule is C[C@H](Oc1ccc(C=O)cc1[N+](=O)[O-])C(=O)N1CC(=O)Nc2ccccc21. The lowest BCUT2D eigenvalue weighted by Gasteiger charge is -2.31. The van der Waals surface area contributed by atoms with E-state index >= 15 is 0 Å². The summed E-state index contributed by atoms with van der Waals surface area (Å²) >= 11 is 0. The molecule has 1 atom stereocenters. The molecular weight excluding hydrogens is 354 g/mol. The Hall–Kier alpha value is -3.75. The van der Waals surface area contributed by atoms with Crippen molar-refractivity contribution >= 4 is 35.2 Å². The minimum atomic E-state index is -1.09. The van der Waals surface area contributed by atoms with Crippen molar-refractivity contribution in [2.24, 2.45) is 0 Å². The van der Waals surface area contributed by atoms with E-state index in [4.69, 9.17) is 4.74 Å². The third-order valence-corrected chi connectivity index (χ3v) is 4.00. The summed E-state index contributed by atoms with van der Waals surface area (Å²) in [5, 5.41) is 13.9. The Kier molecular flexibility index (Phi) is 4.84. The molecule has 9 heteroatoms. The number of para-hydroxylation sites is 2. The number of hydrogen-bond acceptors (Lipinski definition) is 6. The second-order valence-corrected chi connectivity index (χ2v) is 5.85. The van der Waals surface area contributed by atoms with E-state index in [1.54, 1.807) is 24.3 Å². The number of amides is 2. The maximum atomic E-state index is 12.8. The lowest BCUT2D eigenvalue weighted by molar-refractivity contribution is -0.386. The number of hydrogen-bond donors (Lipinski definition) is 1. The fraction of sp³-hybridized carbons (Fsp3) is 0.167. The monoisotopic (exact) mass is 369 g/mol. The normalized spacial score (nSPS) is 14.0. The zero-order valence-corrected chi connectivity index (χ0v) is 14.2. The molecule has 0 aromatic heterocycles. The molecule has 0 spiro atoms. The van der Waals surface area contributed by atoms with Gasteiger partial charge in [0.25, 0.3) is 5.91 Å². The van der Waals surface area contributed by atoms with Crippen molar-refractivity contribution < 1.29 is 24.0 Å². The van der Waals surface area contributed by atoms with E-state index < -0.39 is 22.6 Å². The van der Waals surface area contributed by atoms with Gasteiger partial charge < -0.3 is 10.1 Å². The van der Waals surface area contributed by atoms with Gasteiger partial charge in [0.1, 0.15) is 12.8 Å². The molecule has 0 saturated heterocycles. The van der Waals surface area contributed by atoms with Crippen LogP contribution in [0.2, 0.25) is 0 Å². The Morgan fingerprint density at radius 1 is 1.33 bits per heavy atom. The number of rotatable bonds is 5. The molecule has 2 aromatic rings. The highest BCUT2D eigenvalue weighted by atomic mass is 16.6. The number of nitrogens with one attached hydrogen (secondary N) is 1. The number of benzene rings is 2. The van der Waals surface area contributed by atoms with Crippen molar-refractivity contribution in [3.8, 4) is 5.75 Å². The molecule has 2 amide bonds. The predicted octanol–water partition coefficient (Wildman–Crippen LogP) is 2.16. The smallest absolute Gasteiger partial charge is 0.311 e. The number of nitrogens with zero attached hydrogens (tertiary/aromatic N) is 2. The van der Waals surface area contributed by atoms with Gasteiger partial charge in [0.2, 0.25) is 5.91 Å². The van der Waals surface area contributed by atoms with Gasteiger partial charge in [-0.1, -0.05) is 12.1 Å². The Morgan fingerprint density at radius 3 is 2.78 bits per heavy atom. The molecule has 2 aromatic carbocycles. The van der Waals surface area contributed by atoms with Crippen molar-refractivity contribution in [3.05, 3.63) is 58.1 Å². The van der Waals surface area contributed by atoms with Crippen molar-refractivity contribution in [2.75, 3.05) is 16.8 Å². The highest BCUT2D eigenvalue weighted by Gasteiger charge is 2.31. The van der Waals surface area contributed by atoms with Crippen molar-refractivity contribution in [3.63, 3.8) is 0 Å². The van der Waals surface area contributed by atoms with Crippen LogP contribution in [0.3, 0.4) is 0 Å². The van der Waals surface area contributed by atoms with E-state index in [-0.39, 0.29) is 23.8 Å². The number of ether oxygens (including phenoxy) is 1. The summed E-state index contributed by atoms with van der Waals surface area (Å²) in [7, 11) is 0. The van der Waals surface area contributed by atoms with Crippen LogP contribution < -0.4 is 15.0 Å². The predicted molar refractivity (Wildman–Crippen MR) is 96.0 cm³/mol. The molecule has 27 heavy (non-hydrogen) atoms. The van der Waals surface area contributed by atoms with Gasteiger partial charge in [0.05, 0.1) is 16.3 Å². The number of aldehydes is 1. The first kappa shape index (κ1) is 18.1. The first-order chi connectivity index (χ1) is 12.9. The largest absolute Gasteiger partial charge is 0.474 e. The number of fused-ring (bicyclic) bond motifs is 1. The van der Waals surface area contributed by atoms with Crippen LogP contribution in [0, 0.1) is 10.1 Å². The second kappa shape index (κ2) is 7.24. The lowest BCUT2D eigenvalue weighted by Crippen LogP contribution is -2.47. The van der Waals surface area contributed by atoms with Gasteiger partial charge >= 0.3 is 5.69 Å². The molecule has 9 nitrogen and oxygen atoms in total. The van der Waals surface area contributed by atoms with E-state index in [0.717, 1.165) is 6.07 Å². The zero-order valence-electron chi connectivity index (χ0n) is 14.2. The summed E-state index contributed by atoms with van der Waals surface area (Å²) in [5.41, 5.74) is 0.713. The van der Waals surface area contributed by atoms with E-state index in [2.05, 4.69) is 5.32 Å². The fourth-order valence-corrected chi connectivity index (χ4v) is 2.74. The van der Waals surface area contributed by atoms with Crippen LogP contribution >= 0.6 is 0 Å². The van der Waals surface area contributed by atoms with E-state index in [1.807, 2.05) is 0 Å². The Bertz CT molecular complexity index is 942. The summed E-state index contributed by atoms with van der Waals surface area (Å²) in [5.74, 6) is -1.01. The standard InChI is InChI=1S/C18H15N3O6/c1-11(27-16-7-6-12(10-22)8-15(16)21(25)26)18(24)20-9-17(23)19-13-4-2-3-5-14(13)20/h2-8,10-11H,9H2,1H3,(H,19,23)/t11-/m0/s1. The number of carbonyl (C=O) groups excluding carboxylic acids is 3. The molecule has 3 rings (SSSR count). The summed E-state index contributed by atoms with van der Waals surface area (Å²) in [6.07, 6.45) is -0.612. The highest BCUT2D eigenvalue weighted by Crippen LogP contribution is 2.31. The maximum absolute atomic E-state index is 12.8. The molecule has 0 radical (unpaired) electrons. The molecule has 0 unspecified atom stereocenters. The summed E-state index contributed by atoms with van der Waals surface area (Å²) in [4.78, 5) is 47.3. The third-order valence-electron chi connectivity index (χ3n) is 4.00. The molecule has 0 bridgehead atoms. The van der Waals surface area contributed by atoms with Crippen molar-refractivity contribution in [2.45, 2.75) is 13.0 Å². The van der Waals surface area contributed by atoms with Crippen molar-refractivity contribution in [1.29, 1.82) is 0 Å². The van der Waals surface area contributed by atoms with Crippen LogP contribution in [-0.4, -0.2) is 35.7 Å². The Morgan fingerprint density at radius 2 is 2.07 bits per heavy atom. The molecule has 0 saturated carbocycles. The average molecular weight is 369 g/mol. The quantitative estimate of drug-likeness (QED) is 0.490. The number of anilines is 2. The van der Waals surface area contributed by atoms with Gasteiger partial charge in [0, 0.05) is 11.6 Å². The number of nitro benzene ring substituents is 1. The Labute approximate surface area is 153 Å². The van der Waals surface area contributed by atoms with Gasteiger partial charge in [-0.25, -0.2) is 0 Å².